The van der Waals surface area contributed by atoms with E-state index in [9.17, 15) is 4.79 Å². The molecule has 1 unspecified atom stereocenters. The maximum absolute atomic E-state index is 11.7. The topological polar surface area (TPSA) is 35.6 Å². The van der Waals surface area contributed by atoms with Crippen LogP contribution < -0.4 is 10.2 Å². The van der Waals surface area contributed by atoms with Crippen molar-refractivity contribution in [2.45, 2.75) is 49.4 Å². The zero-order valence-electron chi connectivity index (χ0n) is 21.0. The van der Waals surface area contributed by atoms with E-state index in [0.29, 0.717) is 6.04 Å². The summed E-state index contributed by atoms with van der Waals surface area (Å²) in [5.74, 6) is -0.0621. The minimum absolute atomic E-state index is 0.0621. The summed E-state index contributed by atoms with van der Waals surface area (Å²) in [6.45, 7) is 12.9. The molecule has 1 N–H and O–H groups in total. The summed E-state index contributed by atoms with van der Waals surface area (Å²) in [4.78, 5) is 19.3. The molecule has 3 aromatic carbocycles. The van der Waals surface area contributed by atoms with Crippen molar-refractivity contribution in [2.24, 2.45) is 0 Å². The molecule has 0 aromatic heterocycles. The number of amides is 1. The molecule has 1 aliphatic rings. The third-order valence-corrected chi connectivity index (χ3v) is 7.73. The lowest BCUT2D eigenvalue weighted by Crippen LogP contribution is -2.37. The Morgan fingerprint density at radius 3 is 2.54 bits per heavy atom. The van der Waals surface area contributed by atoms with Crippen LogP contribution in [-0.4, -0.2) is 36.5 Å². The number of para-hydroxylation sites is 2. The molecule has 0 fully saturated rings. The highest BCUT2D eigenvalue weighted by Gasteiger charge is 2.25. The Morgan fingerprint density at radius 2 is 1.80 bits per heavy atom. The Morgan fingerprint density at radius 1 is 1.06 bits per heavy atom. The average molecular weight is 486 g/mol. The van der Waals surface area contributed by atoms with Gasteiger partial charge in [-0.15, -0.1) is 6.58 Å². The van der Waals surface area contributed by atoms with Gasteiger partial charge < -0.3 is 10.2 Å². The predicted octanol–water partition coefficient (Wildman–Crippen LogP) is 7.59. The number of carbonyl (C=O) groups is 1. The number of rotatable bonds is 10. The molecule has 3 aromatic rings. The lowest BCUT2D eigenvalue weighted by atomic mass is 10.0. The van der Waals surface area contributed by atoms with Gasteiger partial charge in [-0.25, -0.2) is 0 Å². The summed E-state index contributed by atoms with van der Waals surface area (Å²) in [5.41, 5.74) is 5.50. The average Bonchev–Trinajstić information content (AvgIpc) is 2.87. The number of likely N-dealkylation sites (N-methyl/N-ethyl adjacent to an activating group) is 1. The molecule has 4 nitrogen and oxygen atoms in total. The van der Waals surface area contributed by atoms with E-state index in [2.05, 4.69) is 84.1 Å². The van der Waals surface area contributed by atoms with Gasteiger partial charge in [-0.2, -0.15) is 0 Å². The molecule has 0 radical (unpaired) electrons. The van der Waals surface area contributed by atoms with Crippen LogP contribution in [0.1, 0.15) is 33.6 Å². The normalized spacial score (nSPS) is 13.2. The maximum Gasteiger partial charge on any atom is 0.221 e. The van der Waals surface area contributed by atoms with E-state index >= 15 is 0 Å². The maximum atomic E-state index is 11.7. The van der Waals surface area contributed by atoms with Gasteiger partial charge in [-0.05, 0) is 55.3 Å². The van der Waals surface area contributed by atoms with Gasteiger partial charge in [0.2, 0.25) is 5.91 Å². The molecular formula is C30H35N3OS. The van der Waals surface area contributed by atoms with Gasteiger partial charge >= 0.3 is 0 Å². The van der Waals surface area contributed by atoms with Crippen molar-refractivity contribution in [2.75, 3.05) is 29.9 Å². The zero-order chi connectivity index (χ0) is 24.8. The van der Waals surface area contributed by atoms with Crippen molar-refractivity contribution in [3.05, 3.63) is 79.4 Å². The van der Waals surface area contributed by atoms with Gasteiger partial charge in [-0.1, -0.05) is 68.1 Å². The fraction of sp³-hybridized carbons (Fsp3) is 0.300. The molecule has 0 spiro atoms. The molecular weight excluding hydrogens is 450 g/mol. The summed E-state index contributed by atoms with van der Waals surface area (Å²) < 4.78 is 0. The lowest BCUT2D eigenvalue weighted by molar-refractivity contribution is -0.114. The second-order valence-electron chi connectivity index (χ2n) is 8.86. The lowest BCUT2D eigenvalue weighted by Gasteiger charge is -2.36. The molecule has 1 amide bonds. The first-order valence-corrected chi connectivity index (χ1v) is 13.3. The molecule has 182 valence electrons. The van der Waals surface area contributed by atoms with Crippen molar-refractivity contribution >= 4 is 34.7 Å². The molecule has 0 bridgehead atoms. The van der Waals surface area contributed by atoms with Crippen LogP contribution in [0.15, 0.2) is 89.2 Å². The van der Waals surface area contributed by atoms with Crippen molar-refractivity contribution < 1.29 is 4.79 Å². The second kappa shape index (κ2) is 11.6. The first-order chi connectivity index (χ1) is 17.0. The van der Waals surface area contributed by atoms with E-state index < -0.39 is 0 Å². The smallest absolute Gasteiger partial charge is 0.221 e. The zero-order valence-corrected chi connectivity index (χ0v) is 21.8. The largest absolute Gasteiger partial charge is 0.340 e. The van der Waals surface area contributed by atoms with Crippen LogP contribution in [0.3, 0.4) is 0 Å². The van der Waals surface area contributed by atoms with Crippen molar-refractivity contribution in [3.8, 4) is 11.1 Å². The Balaban J connectivity index is 1.67. The van der Waals surface area contributed by atoms with E-state index in [4.69, 9.17) is 0 Å². The monoisotopic (exact) mass is 485 g/mol. The first-order valence-electron chi connectivity index (χ1n) is 12.5. The highest BCUT2D eigenvalue weighted by molar-refractivity contribution is 7.99. The first kappa shape index (κ1) is 25.1. The fourth-order valence-electron chi connectivity index (χ4n) is 4.90. The van der Waals surface area contributed by atoms with Crippen LogP contribution in [-0.2, 0) is 4.79 Å². The third-order valence-electron chi connectivity index (χ3n) is 6.62. The van der Waals surface area contributed by atoms with E-state index in [1.807, 2.05) is 36.0 Å². The summed E-state index contributed by atoms with van der Waals surface area (Å²) in [6.07, 6.45) is 4.22. The summed E-state index contributed by atoms with van der Waals surface area (Å²) >= 11 is 1.82. The number of hydrogen-bond acceptors (Lipinski definition) is 4. The molecule has 1 heterocycles. The molecule has 4 rings (SSSR count). The highest BCUT2D eigenvalue weighted by atomic mass is 32.2. The van der Waals surface area contributed by atoms with Crippen LogP contribution in [0.2, 0.25) is 0 Å². The molecule has 0 saturated heterocycles. The molecule has 1 aliphatic heterocycles. The van der Waals surface area contributed by atoms with Crippen molar-refractivity contribution in [3.63, 3.8) is 0 Å². The second-order valence-corrected chi connectivity index (χ2v) is 9.94. The van der Waals surface area contributed by atoms with E-state index in [-0.39, 0.29) is 5.91 Å². The van der Waals surface area contributed by atoms with E-state index in [0.717, 1.165) is 49.3 Å². The van der Waals surface area contributed by atoms with Gasteiger partial charge in [0.05, 0.1) is 11.4 Å². The van der Waals surface area contributed by atoms with Crippen molar-refractivity contribution in [1.29, 1.82) is 0 Å². The standard InChI is InChI=1S/C30H35N3OS/c1-5-19-32(7-3)24(6-2)18-20-33-27-14-10-11-15-29(27)35-30-21-23(16-17-28(30)33)25-12-8-9-13-26(25)31-22(4)34/h5,8-17,21,24H,1,6-7,18-20H2,2-4H3,(H,31,34). The highest BCUT2D eigenvalue weighted by Crippen LogP contribution is 2.49. The Labute approximate surface area is 214 Å². The van der Waals surface area contributed by atoms with E-state index in [1.54, 1.807) is 6.92 Å². The summed E-state index contributed by atoms with van der Waals surface area (Å²) in [5, 5.41) is 2.97. The summed E-state index contributed by atoms with van der Waals surface area (Å²) in [6, 6.07) is 23.9. The van der Waals surface area contributed by atoms with Gasteiger partial charge in [0.1, 0.15) is 0 Å². The van der Waals surface area contributed by atoms with Gasteiger partial charge in [-0.3, -0.25) is 9.69 Å². The molecule has 35 heavy (non-hydrogen) atoms. The molecule has 0 aliphatic carbocycles. The minimum atomic E-state index is -0.0621. The van der Waals surface area contributed by atoms with Crippen LogP contribution in [0.25, 0.3) is 11.1 Å². The van der Waals surface area contributed by atoms with Crippen LogP contribution in [0.4, 0.5) is 17.1 Å². The Bertz CT molecular complexity index is 1190. The number of nitrogens with one attached hydrogen (secondary N) is 1. The van der Waals surface area contributed by atoms with Crippen LogP contribution >= 0.6 is 11.8 Å². The van der Waals surface area contributed by atoms with Gasteiger partial charge in [0, 0.05) is 47.1 Å². The third kappa shape index (κ3) is 5.63. The van der Waals surface area contributed by atoms with Crippen molar-refractivity contribution in [1.82, 2.24) is 4.90 Å². The predicted molar refractivity (Wildman–Crippen MR) is 150 cm³/mol. The van der Waals surface area contributed by atoms with Crippen LogP contribution in [0, 0.1) is 0 Å². The van der Waals surface area contributed by atoms with Gasteiger partial charge in [0.25, 0.3) is 0 Å². The minimum Gasteiger partial charge on any atom is -0.340 e. The SMILES string of the molecule is C=CCN(CC)C(CC)CCN1c2ccccc2Sc2cc(-c3ccccc3NC(C)=O)ccc21. The Kier molecular flexibility index (Phi) is 8.32. The number of carbonyl (C=O) groups excluding carboxylic acids is 1. The number of hydrogen-bond donors (Lipinski definition) is 1. The molecule has 5 heteroatoms. The Hall–Kier alpha value is -3.02. The summed E-state index contributed by atoms with van der Waals surface area (Å²) in [7, 11) is 0. The number of benzene rings is 3. The number of fused-ring (bicyclic) bond motifs is 2. The van der Waals surface area contributed by atoms with E-state index in [1.165, 1.54) is 21.2 Å². The molecule has 0 saturated carbocycles. The molecule has 1 atom stereocenters. The fourth-order valence-corrected chi connectivity index (χ4v) is 6.04. The number of anilines is 3. The number of nitrogens with zero attached hydrogens (tertiary/aromatic N) is 2. The van der Waals surface area contributed by atoms with Gasteiger partial charge in [0.15, 0.2) is 0 Å². The van der Waals surface area contributed by atoms with Crippen LogP contribution in [0.5, 0.6) is 0 Å². The quantitative estimate of drug-likeness (QED) is 0.300.